The van der Waals surface area contributed by atoms with E-state index in [4.69, 9.17) is 0 Å². The van der Waals surface area contributed by atoms with Gasteiger partial charge in [-0.15, -0.1) is 12.4 Å². The number of nitrogens with one attached hydrogen (secondary N) is 2. The summed E-state index contributed by atoms with van der Waals surface area (Å²) < 4.78 is 0. The topological polar surface area (TPSA) is 61.4 Å². The number of hydrogen-bond donors (Lipinski definition) is 2. The lowest BCUT2D eigenvalue weighted by Crippen LogP contribution is -2.44. The number of amides is 2. The number of nitrogens with zero attached hydrogens (tertiary/aromatic N) is 1. The lowest BCUT2D eigenvalue weighted by atomic mass is 10.2. The Kier molecular flexibility index (Phi) is 9.83. The number of halogens is 1. The third kappa shape index (κ3) is 7.11. The molecule has 134 valence electrons. The van der Waals surface area contributed by atoms with Gasteiger partial charge in [-0.05, 0) is 12.5 Å². The maximum absolute atomic E-state index is 12.3. The van der Waals surface area contributed by atoms with Gasteiger partial charge in [0.25, 0.3) is 0 Å². The van der Waals surface area contributed by atoms with E-state index in [1.165, 1.54) is 0 Å². The summed E-state index contributed by atoms with van der Waals surface area (Å²) in [7, 11) is 0. The highest BCUT2D eigenvalue weighted by molar-refractivity contribution is 7.99. The Hall–Kier alpha value is -1.24. The molecule has 7 heteroatoms. The fraction of sp³-hybridized carbons (Fsp3) is 0.529. The van der Waals surface area contributed by atoms with Gasteiger partial charge in [0.05, 0.1) is 6.54 Å². The molecule has 1 aliphatic heterocycles. The van der Waals surface area contributed by atoms with Gasteiger partial charge in [0.2, 0.25) is 11.8 Å². The van der Waals surface area contributed by atoms with Gasteiger partial charge in [-0.2, -0.15) is 11.8 Å². The molecule has 0 aromatic heterocycles. The van der Waals surface area contributed by atoms with E-state index in [1.807, 2.05) is 49.0 Å². The first-order valence-electron chi connectivity index (χ1n) is 8.08. The van der Waals surface area contributed by atoms with E-state index in [-0.39, 0.29) is 36.8 Å². The second-order valence-corrected chi connectivity index (χ2v) is 6.75. The van der Waals surface area contributed by atoms with Crippen LogP contribution < -0.4 is 10.6 Å². The van der Waals surface area contributed by atoms with Crippen LogP contribution in [0.1, 0.15) is 18.9 Å². The third-order valence-corrected chi connectivity index (χ3v) is 4.95. The quantitative estimate of drug-likeness (QED) is 0.765. The van der Waals surface area contributed by atoms with E-state index in [0.717, 1.165) is 23.6 Å². The monoisotopic (exact) mass is 371 g/mol. The fourth-order valence-corrected chi connectivity index (χ4v) is 3.46. The van der Waals surface area contributed by atoms with Crippen LogP contribution in [0.5, 0.6) is 0 Å². The van der Waals surface area contributed by atoms with Crippen molar-refractivity contribution in [3.8, 4) is 0 Å². The summed E-state index contributed by atoms with van der Waals surface area (Å²) in [6.07, 6.45) is 0.436. The number of carbonyl (C=O) groups excluding carboxylic acids is 2. The van der Waals surface area contributed by atoms with Crippen molar-refractivity contribution in [3.63, 3.8) is 0 Å². The molecule has 1 saturated heterocycles. The Labute approximate surface area is 154 Å². The van der Waals surface area contributed by atoms with Gasteiger partial charge in [0, 0.05) is 43.6 Å². The fourth-order valence-electron chi connectivity index (χ4n) is 2.51. The van der Waals surface area contributed by atoms with Crippen molar-refractivity contribution in [2.75, 3.05) is 31.1 Å². The highest BCUT2D eigenvalue weighted by Crippen LogP contribution is 2.10. The maximum atomic E-state index is 12.3. The van der Waals surface area contributed by atoms with Crippen molar-refractivity contribution in [1.82, 2.24) is 15.5 Å². The summed E-state index contributed by atoms with van der Waals surface area (Å²) >= 11 is 1.86. The van der Waals surface area contributed by atoms with Gasteiger partial charge in [-0.25, -0.2) is 0 Å². The summed E-state index contributed by atoms with van der Waals surface area (Å²) in [6, 6.07) is 10.1. The van der Waals surface area contributed by atoms with Gasteiger partial charge in [-0.1, -0.05) is 30.3 Å². The average molecular weight is 372 g/mol. The van der Waals surface area contributed by atoms with E-state index >= 15 is 0 Å². The zero-order valence-corrected chi connectivity index (χ0v) is 15.6. The SMILES string of the molecule is CCN(Cc1ccccc1)C(=O)CNC(=O)CC1CSCCN1.Cl. The second-order valence-electron chi connectivity index (χ2n) is 5.60. The van der Waals surface area contributed by atoms with Crippen LogP contribution in [-0.4, -0.2) is 53.9 Å². The van der Waals surface area contributed by atoms with Crippen molar-refractivity contribution in [1.29, 1.82) is 0 Å². The highest BCUT2D eigenvalue weighted by atomic mass is 35.5. The lowest BCUT2D eigenvalue weighted by Gasteiger charge is -2.23. The predicted molar refractivity (Wildman–Crippen MR) is 102 cm³/mol. The predicted octanol–water partition coefficient (Wildman–Crippen LogP) is 1.67. The molecule has 0 radical (unpaired) electrons. The summed E-state index contributed by atoms with van der Waals surface area (Å²) in [5.74, 6) is 1.95. The number of thioether (sulfide) groups is 1. The molecule has 1 unspecified atom stereocenters. The Morgan fingerprint density at radius 1 is 1.33 bits per heavy atom. The van der Waals surface area contributed by atoms with Gasteiger partial charge in [0.1, 0.15) is 0 Å². The number of benzene rings is 1. The van der Waals surface area contributed by atoms with Crippen molar-refractivity contribution in [2.24, 2.45) is 0 Å². The Morgan fingerprint density at radius 2 is 2.08 bits per heavy atom. The third-order valence-electron chi connectivity index (χ3n) is 3.82. The molecule has 5 nitrogen and oxygen atoms in total. The van der Waals surface area contributed by atoms with Crippen LogP contribution in [0.25, 0.3) is 0 Å². The lowest BCUT2D eigenvalue weighted by molar-refractivity contribution is -0.133. The van der Waals surface area contributed by atoms with E-state index in [0.29, 0.717) is 19.5 Å². The molecule has 1 heterocycles. The molecule has 0 spiro atoms. The smallest absolute Gasteiger partial charge is 0.242 e. The molecule has 2 N–H and O–H groups in total. The van der Waals surface area contributed by atoms with Gasteiger partial charge in [0.15, 0.2) is 0 Å². The molecule has 24 heavy (non-hydrogen) atoms. The molecule has 2 amide bonds. The summed E-state index contributed by atoms with van der Waals surface area (Å²) in [6.45, 7) is 4.17. The van der Waals surface area contributed by atoms with Crippen molar-refractivity contribution >= 4 is 36.0 Å². The van der Waals surface area contributed by atoms with Gasteiger partial charge >= 0.3 is 0 Å². The number of carbonyl (C=O) groups is 2. The van der Waals surface area contributed by atoms with Crippen LogP contribution >= 0.6 is 24.2 Å². The molecule has 0 saturated carbocycles. The van der Waals surface area contributed by atoms with E-state index in [1.54, 1.807) is 4.90 Å². The van der Waals surface area contributed by atoms with Crippen molar-refractivity contribution in [2.45, 2.75) is 25.9 Å². The molecule has 1 aromatic rings. The number of rotatable bonds is 7. The van der Waals surface area contributed by atoms with Crippen LogP contribution in [0.4, 0.5) is 0 Å². The molecular formula is C17H26ClN3O2S. The standard InChI is InChI=1S/C17H25N3O2S.ClH/c1-2-20(12-14-6-4-3-5-7-14)17(22)11-19-16(21)10-15-13-23-9-8-18-15;/h3-7,15,18H,2,8-13H2,1H3,(H,19,21);1H. The second kappa shape index (κ2) is 11.3. The minimum atomic E-state index is -0.0610. The summed E-state index contributed by atoms with van der Waals surface area (Å²) in [5.41, 5.74) is 1.09. The molecule has 0 aliphatic carbocycles. The zero-order chi connectivity index (χ0) is 16.5. The highest BCUT2D eigenvalue weighted by Gasteiger charge is 2.18. The molecule has 2 rings (SSSR count). The molecular weight excluding hydrogens is 346 g/mol. The minimum absolute atomic E-state index is 0. The first-order valence-corrected chi connectivity index (χ1v) is 9.24. The minimum Gasteiger partial charge on any atom is -0.347 e. The Balaban J connectivity index is 0.00000288. The van der Waals surface area contributed by atoms with Crippen LogP contribution in [0, 0.1) is 0 Å². The van der Waals surface area contributed by atoms with Crippen LogP contribution in [0.2, 0.25) is 0 Å². The van der Waals surface area contributed by atoms with Gasteiger partial charge < -0.3 is 15.5 Å². The average Bonchev–Trinajstić information content (AvgIpc) is 2.59. The van der Waals surface area contributed by atoms with Crippen molar-refractivity contribution < 1.29 is 9.59 Å². The van der Waals surface area contributed by atoms with Gasteiger partial charge in [-0.3, -0.25) is 9.59 Å². The summed E-state index contributed by atoms with van der Waals surface area (Å²) in [5, 5.41) is 6.08. The van der Waals surface area contributed by atoms with Crippen molar-refractivity contribution in [3.05, 3.63) is 35.9 Å². The molecule has 0 bridgehead atoms. The maximum Gasteiger partial charge on any atom is 0.242 e. The van der Waals surface area contributed by atoms with Crippen LogP contribution in [-0.2, 0) is 16.1 Å². The van der Waals surface area contributed by atoms with Crippen LogP contribution in [0.15, 0.2) is 30.3 Å². The normalized spacial score (nSPS) is 16.8. The van der Waals surface area contributed by atoms with Crippen LogP contribution in [0.3, 0.4) is 0 Å². The molecule has 1 aliphatic rings. The molecule has 1 atom stereocenters. The van der Waals surface area contributed by atoms with E-state index < -0.39 is 0 Å². The first kappa shape index (κ1) is 20.8. The Bertz CT molecular complexity index is 510. The zero-order valence-electron chi connectivity index (χ0n) is 14.0. The summed E-state index contributed by atoms with van der Waals surface area (Å²) in [4.78, 5) is 26.0. The first-order chi connectivity index (χ1) is 11.2. The van der Waals surface area contributed by atoms with E-state index in [2.05, 4.69) is 10.6 Å². The molecule has 1 aromatic carbocycles. The van der Waals surface area contributed by atoms with E-state index in [9.17, 15) is 9.59 Å². The number of hydrogen-bond acceptors (Lipinski definition) is 4. The Morgan fingerprint density at radius 3 is 2.71 bits per heavy atom. The largest absolute Gasteiger partial charge is 0.347 e. The number of likely N-dealkylation sites (N-methyl/N-ethyl adjacent to an activating group) is 1. The molecule has 1 fully saturated rings.